The Hall–Kier alpha value is -0.130. The van der Waals surface area contributed by atoms with Gasteiger partial charge < -0.3 is 15.4 Å². The molecule has 0 atom stereocenters. The molecule has 0 unspecified atom stereocenters. The fraction of sp³-hybridized carbons (Fsp3) is 0.933. The van der Waals surface area contributed by atoms with Gasteiger partial charge in [-0.05, 0) is 31.6 Å². The third kappa shape index (κ3) is 10.00. The average Bonchev–Trinajstić information content (AvgIpc) is 2.95. The highest BCUT2D eigenvalue weighted by Crippen LogP contribution is 2.41. The molecule has 3 N–H and O–H groups in total. The Kier molecular flexibility index (Phi) is 12.2. The van der Waals surface area contributed by atoms with Crippen LogP contribution < -0.4 is 15.4 Å². The Morgan fingerprint density at radius 3 is 2.42 bits per heavy atom. The van der Waals surface area contributed by atoms with Crippen molar-refractivity contribution in [1.29, 1.82) is 0 Å². The minimum Gasteiger partial charge on any atom is -0.385 e. The third-order valence-corrected chi connectivity index (χ3v) is 4.93. The van der Waals surface area contributed by atoms with Crippen LogP contribution >= 0.6 is 24.0 Å². The van der Waals surface area contributed by atoms with Gasteiger partial charge in [-0.2, -0.15) is 0 Å². The van der Waals surface area contributed by atoms with Gasteiger partial charge in [0.05, 0.1) is 6.26 Å². The van der Waals surface area contributed by atoms with Crippen LogP contribution in [0.2, 0.25) is 0 Å². The maximum Gasteiger partial charge on any atom is 0.208 e. The Labute approximate surface area is 163 Å². The monoisotopic (exact) mass is 476 g/mol. The third-order valence-electron chi connectivity index (χ3n) is 4.20. The molecule has 1 fully saturated rings. The van der Waals surface area contributed by atoms with Crippen molar-refractivity contribution in [3.63, 3.8) is 0 Å². The zero-order valence-electron chi connectivity index (χ0n) is 15.1. The summed E-state index contributed by atoms with van der Waals surface area (Å²) in [5, 5.41) is 6.38. The van der Waals surface area contributed by atoms with Crippen LogP contribution in [0.3, 0.4) is 0 Å². The molecule has 1 aliphatic carbocycles. The van der Waals surface area contributed by atoms with Crippen LogP contribution in [-0.2, 0) is 14.8 Å². The van der Waals surface area contributed by atoms with E-state index in [-0.39, 0.29) is 29.4 Å². The molecule has 1 aliphatic rings. The number of guanidine groups is 1. The van der Waals surface area contributed by atoms with Gasteiger partial charge in [0.2, 0.25) is 10.0 Å². The smallest absolute Gasteiger partial charge is 0.208 e. The first-order valence-electron chi connectivity index (χ1n) is 8.36. The second kappa shape index (κ2) is 12.3. The zero-order chi connectivity index (χ0) is 17.2. The molecule has 0 radical (unpaired) electrons. The number of methoxy groups -OCH3 is 1. The van der Waals surface area contributed by atoms with E-state index >= 15 is 0 Å². The van der Waals surface area contributed by atoms with Crippen LogP contribution in [0, 0.1) is 5.41 Å². The molecule has 0 saturated heterocycles. The number of hydrogen-bond donors (Lipinski definition) is 3. The van der Waals surface area contributed by atoms with Gasteiger partial charge in [0, 0.05) is 39.9 Å². The minimum absolute atomic E-state index is 0. The molecule has 144 valence electrons. The van der Waals surface area contributed by atoms with Crippen molar-refractivity contribution < 1.29 is 13.2 Å². The Balaban J connectivity index is 0.00000529. The lowest BCUT2D eigenvalue weighted by atomic mass is 9.83. The normalized spacial score (nSPS) is 17.4. The molecular weight excluding hydrogens is 443 g/mol. The van der Waals surface area contributed by atoms with Crippen molar-refractivity contribution in [2.24, 2.45) is 10.4 Å². The number of ether oxygens (including phenoxy) is 1. The number of nitrogens with one attached hydrogen (secondary N) is 3. The predicted octanol–water partition coefficient (Wildman–Crippen LogP) is 1.31. The summed E-state index contributed by atoms with van der Waals surface area (Å²) < 4.78 is 29.8. The Morgan fingerprint density at radius 1 is 1.21 bits per heavy atom. The van der Waals surface area contributed by atoms with E-state index in [0.717, 1.165) is 38.3 Å². The summed E-state index contributed by atoms with van der Waals surface area (Å²) >= 11 is 0. The van der Waals surface area contributed by atoms with E-state index in [1.54, 1.807) is 7.11 Å². The van der Waals surface area contributed by atoms with Gasteiger partial charge in [-0.15, -0.1) is 24.0 Å². The maximum absolute atomic E-state index is 11.0. The molecule has 9 heteroatoms. The molecule has 0 spiro atoms. The van der Waals surface area contributed by atoms with E-state index in [1.165, 1.54) is 25.7 Å². The quantitative estimate of drug-likeness (QED) is 0.191. The van der Waals surface area contributed by atoms with Crippen molar-refractivity contribution in [3.8, 4) is 0 Å². The molecular formula is C15H33IN4O3S. The van der Waals surface area contributed by atoms with Crippen molar-refractivity contribution in [3.05, 3.63) is 0 Å². The van der Waals surface area contributed by atoms with Crippen LogP contribution in [0.15, 0.2) is 4.99 Å². The van der Waals surface area contributed by atoms with Crippen molar-refractivity contribution in [2.75, 3.05) is 46.2 Å². The van der Waals surface area contributed by atoms with Crippen LogP contribution in [0.4, 0.5) is 0 Å². The maximum atomic E-state index is 11.0. The van der Waals surface area contributed by atoms with Crippen molar-refractivity contribution in [2.45, 2.75) is 39.0 Å². The minimum atomic E-state index is -3.14. The van der Waals surface area contributed by atoms with Crippen molar-refractivity contribution >= 4 is 40.0 Å². The number of rotatable bonds is 10. The lowest BCUT2D eigenvalue weighted by Crippen LogP contribution is -2.42. The lowest BCUT2D eigenvalue weighted by molar-refractivity contribution is 0.141. The van der Waals surface area contributed by atoms with Crippen LogP contribution in [-0.4, -0.2) is 60.5 Å². The van der Waals surface area contributed by atoms with Gasteiger partial charge in [-0.25, -0.2) is 13.1 Å². The summed E-state index contributed by atoms with van der Waals surface area (Å²) in [5.74, 6) is 0.742. The molecule has 0 amide bonds. The van der Waals surface area contributed by atoms with Crippen LogP contribution in [0.25, 0.3) is 0 Å². The van der Waals surface area contributed by atoms with E-state index < -0.39 is 10.0 Å². The number of sulfonamides is 1. The highest BCUT2D eigenvalue weighted by Gasteiger charge is 2.33. The number of nitrogens with zero attached hydrogens (tertiary/aromatic N) is 1. The van der Waals surface area contributed by atoms with Gasteiger partial charge >= 0.3 is 0 Å². The highest BCUT2D eigenvalue weighted by atomic mass is 127. The fourth-order valence-electron chi connectivity index (χ4n) is 2.94. The number of aliphatic imine (C=N–C) groups is 1. The average molecular weight is 476 g/mol. The van der Waals surface area contributed by atoms with Gasteiger partial charge in [0.15, 0.2) is 5.96 Å². The van der Waals surface area contributed by atoms with Gasteiger partial charge in [-0.3, -0.25) is 4.99 Å². The Bertz CT molecular complexity index is 465. The second-order valence-electron chi connectivity index (χ2n) is 6.24. The number of halogens is 1. The van der Waals surface area contributed by atoms with E-state index in [2.05, 4.69) is 15.4 Å². The summed E-state index contributed by atoms with van der Waals surface area (Å²) in [5.41, 5.74) is 0.253. The summed E-state index contributed by atoms with van der Waals surface area (Å²) in [7, 11) is -1.40. The topological polar surface area (TPSA) is 91.8 Å². The van der Waals surface area contributed by atoms with Crippen molar-refractivity contribution in [1.82, 2.24) is 15.4 Å². The summed E-state index contributed by atoms with van der Waals surface area (Å²) in [4.78, 5) is 4.72. The lowest BCUT2D eigenvalue weighted by Gasteiger charge is -2.27. The molecule has 7 nitrogen and oxygen atoms in total. The molecule has 24 heavy (non-hydrogen) atoms. The predicted molar refractivity (Wildman–Crippen MR) is 110 cm³/mol. The highest BCUT2D eigenvalue weighted by molar-refractivity contribution is 14.0. The van der Waals surface area contributed by atoms with Gasteiger partial charge in [0.1, 0.15) is 0 Å². The summed E-state index contributed by atoms with van der Waals surface area (Å²) in [6, 6.07) is 0. The molecule has 0 aromatic carbocycles. The standard InChI is InChI=1S/C15H32N4O3S.HI/c1-4-16-14(17-10-11-19-23(3,20)21)18-13-15(9-12-22-2)7-5-6-8-15;/h19H,4-13H2,1-3H3,(H2,16,17,18);1H. The van der Waals surface area contributed by atoms with Crippen LogP contribution in [0.1, 0.15) is 39.0 Å². The molecule has 0 aromatic rings. The van der Waals surface area contributed by atoms with Gasteiger partial charge in [-0.1, -0.05) is 12.8 Å². The molecule has 0 aliphatic heterocycles. The fourth-order valence-corrected chi connectivity index (χ4v) is 3.41. The van der Waals surface area contributed by atoms with E-state index in [9.17, 15) is 8.42 Å². The van der Waals surface area contributed by atoms with E-state index in [1.807, 2.05) is 6.92 Å². The SMILES string of the molecule is CCNC(=NCC1(CCOC)CCCC1)NCCNS(C)(=O)=O.I. The summed E-state index contributed by atoms with van der Waals surface area (Å²) in [6.45, 7) is 5.20. The molecule has 1 rings (SSSR count). The first kappa shape index (κ1) is 23.9. The van der Waals surface area contributed by atoms with Crippen LogP contribution in [0.5, 0.6) is 0 Å². The molecule has 1 saturated carbocycles. The molecule has 0 heterocycles. The van der Waals surface area contributed by atoms with E-state index in [0.29, 0.717) is 13.1 Å². The van der Waals surface area contributed by atoms with E-state index in [4.69, 9.17) is 9.73 Å². The molecule has 0 bridgehead atoms. The largest absolute Gasteiger partial charge is 0.385 e. The second-order valence-corrected chi connectivity index (χ2v) is 8.07. The molecule has 0 aromatic heterocycles. The zero-order valence-corrected chi connectivity index (χ0v) is 18.2. The first-order valence-corrected chi connectivity index (χ1v) is 10.3. The number of hydrogen-bond acceptors (Lipinski definition) is 4. The Morgan fingerprint density at radius 2 is 1.88 bits per heavy atom. The summed E-state index contributed by atoms with van der Waals surface area (Å²) in [6.07, 6.45) is 7.14. The first-order chi connectivity index (χ1) is 10.9. The van der Waals surface area contributed by atoms with Gasteiger partial charge in [0.25, 0.3) is 0 Å².